The molecule has 27 heavy (non-hydrogen) atoms. The van der Waals surface area contributed by atoms with Crippen LogP contribution >= 0.6 is 0 Å². The number of nitrogens with one attached hydrogen (secondary N) is 3. The molecule has 4 aromatic rings. The first-order valence-electron chi connectivity index (χ1n) is 7.90. The Balaban J connectivity index is 1.79. The maximum atomic E-state index is 14.1. The molecule has 0 radical (unpaired) electrons. The lowest BCUT2D eigenvalue weighted by Crippen LogP contribution is -2.36. The Hall–Kier alpha value is -3.89. The monoisotopic (exact) mass is 368 g/mol. The molecule has 0 aliphatic rings. The van der Waals surface area contributed by atoms with Crippen molar-refractivity contribution in [1.29, 1.82) is 0 Å². The Morgan fingerprint density at radius 2 is 2.15 bits per heavy atom. The molecule has 0 aliphatic carbocycles. The number of nitrogens with zero attached hydrogens (tertiary/aromatic N) is 5. The highest BCUT2D eigenvalue weighted by molar-refractivity contribution is 5.83. The highest BCUT2D eigenvalue weighted by atomic mass is 19.1. The van der Waals surface area contributed by atoms with Gasteiger partial charge in [-0.05, 0) is 12.1 Å². The number of fused-ring (bicyclic) bond motifs is 2. The molecule has 0 saturated carbocycles. The molecule has 1 aromatic carbocycles. The first-order valence-corrected chi connectivity index (χ1v) is 7.90. The van der Waals surface area contributed by atoms with E-state index < -0.39 is 17.3 Å². The number of H-pyrrole nitrogens is 1. The zero-order chi connectivity index (χ0) is 19.0. The Bertz CT molecular complexity index is 1230. The van der Waals surface area contributed by atoms with Crippen molar-refractivity contribution in [2.45, 2.75) is 13.5 Å². The summed E-state index contributed by atoms with van der Waals surface area (Å²) in [6, 6.07) is 4.15. The quantitative estimate of drug-likeness (QED) is 0.488. The van der Waals surface area contributed by atoms with Gasteiger partial charge in [0.15, 0.2) is 17.3 Å². The minimum absolute atomic E-state index is 0.0348. The van der Waals surface area contributed by atoms with Crippen LogP contribution in [-0.2, 0) is 11.3 Å². The number of halogens is 1. The van der Waals surface area contributed by atoms with Gasteiger partial charge in [-0.1, -0.05) is 6.07 Å². The number of hydrogen-bond donors (Lipinski definition) is 3. The van der Waals surface area contributed by atoms with Crippen LogP contribution in [0.15, 0.2) is 35.6 Å². The van der Waals surface area contributed by atoms with Gasteiger partial charge in [-0.3, -0.25) is 15.0 Å². The number of carbonyl (C=O) groups excluding carboxylic acids is 1. The molecule has 11 heteroatoms. The van der Waals surface area contributed by atoms with Crippen molar-refractivity contribution in [2.75, 3.05) is 10.7 Å². The van der Waals surface area contributed by atoms with E-state index in [0.717, 1.165) is 10.7 Å². The van der Waals surface area contributed by atoms with Crippen molar-refractivity contribution in [3.8, 4) is 0 Å². The number of benzene rings is 1. The van der Waals surface area contributed by atoms with E-state index in [-0.39, 0.29) is 23.3 Å². The average Bonchev–Trinajstić information content (AvgIpc) is 3.11. The topological polar surface area (TPSA) is 130 Å². The third-order valence-corrected chi connectivity index (χ3v) is 3.82. The fraction of sp³-hybridized carbons (Fsp3) is 0.125. The number of carbonyl (C=O) groups is 1. The van der Waals surface area contributed by atoms with Crippen molar-refractivity contribution in [3.63, 3.8) is 0 Å². The predicted octanol–water partition coefficient (Wildman–Crippen LogP) is 0.904. The Morgan fingerprint density at radius 1 is 1.30 bits per heavy atom. The number of anilines is 1. The summed E-state index contributed by atoms with van der Waals surface area (Å²) in [5.74, 6) is -0.576. The number of hydrogen-bond acceptors (Lipinski definition) is 7. The SMILES string of the molecule is CC(=O)Nn1c(CNc2ncnc3nc[nH]c23)nc2cccc(F)c2c1=O. The fourth-order valence-electron chi connectivity index (χ4n) is 2.69. The number of rotatable bonds is 4. The standard InChI is InChI=1S/C16H13FN8O2/c1-8(26)24-25-11(23-10-4-2-3-9(17)12(10)16(25)27)5-18-14-13-15(20-6-19-13)22-7-21-14/h2-4,6-7H,5H2,1H3,(H,24,26)(H2,18,19,20,21,22). The van der Waals surface area contributed by atoms with Crippen LogP contribution in [0.5, 0.6) is 0 Å². The van der Waals surface area contributed by atoms with E-state index in [4.69, 9.17) is 0 Å². The van der Waals surface area contributed by atoms with Crippen molar-refractivity contribution in [3.05, 3.63) is 52.8 Å². The molecule has 0 spiro atoms. The molecule has 3 N–H and O–H groups in total. The maximum Gasteiger partial charge on any atom is 0.283 e. The molecule has 3 aromatic heterocycles. The molecule has 10 nitrogen and oxygen atoms in total. The minimum atomic E-state index is -0.710. The van der Waals surface area contributed by atoms with E-state index >= 15 is 0 Å². The van der Waals surface area contributed by atoms with Gasteiger partial charge in [0.25, 0.3) is 5.56 Å². The second-order valence-electron chi connectivity index (χ2n) is 5.65. The summed E-state index contributed by atoms with van der Waals surface area (Å²) >= 11 is 0. The number of imidazole rings is 1. The zero-order valence-electron chi connectivity index (χ0n) is 14.0. The van der Waals surface area contributed by atoms with Crippen molar-refractivity contribution >= 4 is 33.8 Å². The largest absolute Gasteiger partial charge is 0.361 e. The first-order chi connectivity index (χ1) is 13.0. The molecule has 0 fully saturated rings. The second-order valence-corrected chi connectivity index (χ2v) is 5.65. The van der Waals surface area contributed by atoms with Crippen molar-refractivity contribution in [2.24, 2.45) is 0 Å². The first kappa shape index (κ1) is 16.6. The third kappa shape index (κ3) is 2.94. The molecule has 0 bridgehead atoms. The molecule has 0 atom stereocenters. The Labute approximate surface area is 150 Å². The lowest BCUT2D eigenvalue weighted by molar-refractivity contribution is -0.115. The van der Waals surface area contributed by atoms with Crippen molar-refractivity contribution in [1.82, 2.24) is 29.6 Å². The summed E-state index contributed by atoms with van der Waals surface area (Å²) in [6.45, 7) is 1.28. The van der Waals surface area contributed by atoms with E-state index in [9.17, 15) is 14.0 Å². The smallest absolute Gasteiger partial charge is 0.283 e. The van der Waals surface area contributed by atoms with Crippen molar-refractivity contribution < 1.29 is 9.18 Å². The van der Waals surface area contributed by atoms with Crippen LogP contribution in [0.25, 0.3) is 22.1 Å². The molecular weight excluding hydrogens is 355 g/mol. The number of aromatic amines is 1. The van der Waals surface area contributed by atoms with Crippen LogP contribution in [0.3, 0.4) is 0 Å². The van der Waals surface area contributed by atoms with Gasteiger partial charge in [0.05, 0.1) is 18.4 Å². The molecule has 4 rings (SSSR count). The highest BCUT2D eigenvalue weighted by Crippen LogP contribution is 2.16. The van der Waals surface area contributed by atoms with Crippen LogP contribution in [0.4, 0.5) is 10.2 Å². The number of aromatic nitrogens is 6. The molecule has 0 saturated heterocycles. The molecule has 0 aliphatic heterocycles. The predicted molar refractivity (Wildman–Crippen MR) is 95.0 cm³/mol. The fourth-order valence-corrected chi connectivity index (χ4v) is 2.69. The maximum absolute atomic E-state index is 14.1. The lowest BCUT2D eigenvalue weighted by atomic mass is 10.2. The number of amides is 1. The van der Waals surface area contributed by atoms with E-state index in [0.29, 0.717) is 17.0 Å². The van der Waals surface area contributed by atoms with Gasteiger partial charge in [-0.15, -0.1) is 0 Å². The van der Waals surface area contributed by atoms with Gasteiger partial charge >= 0.3 is 0 Å². The molecule has 3 heterocycles. The summed E-state index contributed by atoms with van der Waals surface area (Å²) in [4.78, 5) is 43.6. The normalized spacial score (nSPS) is 11.0. The Morgan fingerprint density at radius 3 is 2.96 bits per heavy atom. The molecule has 136 valence electrons. The van der Waals surface area contributed by atoms with E-state index in [1.54, 1.807) is 0 Å². The van der Waals surface area contributed by atoms with E-state index in [2.05, 4.69) is 35.7 Å². The van der Waals surface area contributed by atoms with Gasteiger partial charge in [-0.2, -0.15) is 0 Å². The van der Waals surface area contributed by atoms with E-state index in [1.165, 1.54) is 31.7 Å². The summed E-state index contributed by atoms with van der Waals surface area (Å²) in [6.07, 6.45) is 2.82. The highest BCUT2D eigenvalue weighted by Gasteiger charge is 2.16. The Kier molecular flexibility index (Phi) is 3.95. The zero-order valence-corrected chi connectivity index (χ0v) is 14.0. The van der Waals surface area contributed by atoms with Crippen LogP contribution < -0.4 is 16.3 Å². The van der Waals surface area contributed by atoms with Crippen LogP contribution in [0.2, 0.25) is 0 Å². The van der Waals surface area contributed by atoms with Crippen LogP contribution in [0.1, 0.15) is 12.7 Å². The lowest BCUT2D eigenvalue weighted by Gasteiger charge is -2.14. The van der Waals surface area contributed by atoms with Gasteiger partial charge in [0, 0.05) is 6.92 Å². The van der Waals surface area contributed by atoms with Gasteiger partial charge in [0.2, 0.25) is 5.91 Å². The van der Waals surface area contributed by atoms with Crippen LogP contribution in [0, 0.1) is 5.82 Å². The second kappa shape index (κ2) is 6.44. The summed E-state index contributed by atoms with van der Waals surface area (Å²) in [5, 5.41) is 2.82. The molecular formula is C16H13FN8O2. The van der Waals surface area contributed by atoms with Gasteiger partial charge in [0.1, 0.15) is 23.0 Å². The molecule has 0 unspecified atom stereocenters. The van der Waals surface area contributed by atoms with E-state index in [1.807, 2.05) is 0 Å². The molecule has 1 amide bonds. The third-order valence-electron chi connectivity index (χ3n) is 3.82. The van der Waals surface area contributed by atoms with Gasteiger partial charge < -0.3 is 10.3 Å². The van der Waals surface area contributed by atoms with Gasteiger partial charge in [-0.25, -0.2) is 29.0 Å². The average molecular weight is 368 g/mol. The summed E-state index contributed by atoms with van der Waals surface area (Å²) in [5.41, 5.74) is 2.91. The summed E-state index contributed by atoms with van der Waals surface area (Å²) in [7, 11) is 0. The minimum Gasteiger partial charge on any atom is -0.361 e. The summed E-state index contributed by atoms with van der Waals surface area (Å²) < 4.78 is 15.0. The van der Waals surface area contributed by atoms with Crippen LogP contribution in [-0.4, -0.2) is 35.5 Å².